The molecule has 2 saturated carbocycles. The number of nitrogens with zero attached hydrogens (tertiary/aromatic N) is 1. The summed E-state index contributed by atoms with van der Waals surface area (Å²) in [4.78, 5) is 53.0. The van der Waals surface area contributed by atoms with Crippen molar-refractivity contribution in [2.45, 2.75) is 89.9 Å². The van der Waals surface area contributed by atoms with Gasteiger partial charge in [-0.3, -0.25) is 9.59 Å². The zero-order chi connectivity index (χ0) is 35.6. The topological polar surface area (TPSA) is 135 Å². The van der Waals surface area contributed by atoms with Gasteiger partial charge in [0.25, 0.3) is 5.91 Å². The first-order valence-electron chi connectivity index (χ1n) is 17.2. The van der Waals surface area contributed by atoms with Crippen molar-refractivity contribution in [2.24, 2.45) is 11.8 Å². The first kappa shape index (κ1) is 38.0. The van der Waals surface area contributed by atoms with Crippen LogP contribution < -0.4 is 16.0 Å². The molecular formula is C37H51ClN4O7. The minimum Gasteiger partial charge on any atom is -0.453 e. The van der Waals surface area contributed by atoms with E-state index < -0.39 is 23.9 Å². The van der Waals surface area contributed by atoms with Crippen molar-refractivity contribution in [3.63, 3.8) is 0 Å². The predicted molar refractivity (Wildman–Crippen MR) is 189 cm³/mol. The molecule has 2 atom stereocenters. The van der Waals surface area contributed by atoms with Crippen molar-refractivity contribution in [3.8, 4) is 0 Å². The molecule has 0 spiro atoms. The molecule has 2 aliphatic carbocycles. The van der Waals surface area contributed by atoms with Crippen LogP contribution in [0.5, 0.6) is 0 Å². The predicted octanol–water partition coefficient (Wildman–Crippen LogP) is 7.09. The molecule has 12 heteroatoms. The van der Waals surface area contributed by atoms with Crippen molar-refractivity contribution in [2.75, 3.05) is 39.2 Å². The number of methoxy groups -OCH3 is 1. The normalized spacial score (nSPS) is 16.2. The fourth-order valence-electron chi connectivity index (χ4n) is 6.07. The van der Waals surface area contributed by atoms with Crippen molar-refractivity contribution in [1.29, 1.82) is 0 Å². The fourth-order valence-corrected chi connectivity index (χ4v) is 6.27. The van der Waals surface area contributed by atoms with Crippen LogP contribution in [0.15, 0.2) is 42.5 Å². The molecule has 4 amide bonds. The van der Waals surface area contributed by atoms with Crippen LogP contribution in [-0.2, 0) is 19.0 Å². The SMILES string of the molecule is COC(=O)NCCOC(c1cccc(Cl)c1)c1cc(NC(=O)C2CC2)cc(C(=O)NC(CC2CCCCC2)CN(C)C(=O)OC(C)(C)C)c1. The molecule has 0 aromatic heterocycles. The largest absolute Gasteiger partial charge is 0.453 e. The molecule has 0 saturated heterocycles. The molecule has 2 aromatic carbocycles. The number of halogens is 1. The molecular weight excluding hydrogens is 648 g/mol. The third-order valence-electron chi connectivity index (χ3n) is 8.61. The van der Waals surface area contributed by atoms with E-state index in [0.29, 0.717) is 27.8 Å². The molecule has 4 rings (SSSR count). The summed E-state index contributed by atoms with van der Waals surface area (Å²) in [6, 6.07) is 12.1. The summed E-state index contributed by atoms with van der Waals surface area (Å²) in [6.07, 6.45) is 6.35. The van der Waals surface area contributed by atoms with Gasteiger partial charge in [0.15, 0.2) is 0 Å². The van der Waals surface area contributed by atoms with Gasteiger partial charge < -0.3 is 35.1 Å². The monoisotopic (exact) mass is 698 g/mol. The maximum absolute atomic E-state index is 14.1. The summed E-state index contributed by atoms with van der Waals surface area (Å²) in [6.45, 7) is 6.06. The molecule has 2 aliphatic rings. The fraction of sp³-hybridized carbons (Fsp3) is 0.568. The van der Waals surface area contributed by atoms with Gasteiger partial charge in [-0.25, -0.2) is 9.59 Å². The van der Waals surface area contributed by atoms with E-state index in [1.165, 1.54) is 18.4 Å². The standard InChI is InChI=1S/C37H51ClN4O7/c1-37(2,3)49-36(46)42(4)23-31(18-24-10-7-6-8-11-24)41-34(44)28-19-27(21-30(22-28)40-33(43)25-14-15-25)32(26-12-9-13-29(38)20-26)48-17-16-39-35(45)47-5/h9,12-13,19-22,24-25,31-32H,6-8,10-11,14-18,23H2,1-5H3,(H,39,45)(H,40,43)(H,41,44). The van der Waals surface area contributed by atoms with Gasteiger partial charge in [-0.2, -0.15) is 0 Å². The van der Waals surface area contributed by atoms with E-state index in [-0.39, 0.29) is 43.5 Å². The third-order valence-corrected chi connectivity index (χ3v) is 8.84. The molecule has 2 unspecified atom stereocenters. The van der Waals surface area contributed by atoms with Crippen LogP contribution in [0.3, 0.4) is 0 Å². The second-order valence-electron chi connectivity index (χ2n) is 14.1. The van der Waals surface area contributed by atoms with Crippen LogP contribution in [0.4, 0.5) is 15.3 Å². The van der Waals surface area contributed by atoms with Crippen LogP contribution in [0.1, 0.15) is 99.7 Å². The number of benzene rings is 2. The van der Waals surface area contributed by atoms with Gasteiger partial charge in [-0.1, -0.05) is 55.8 Å². The summed E-state index contributed by atoms with van der Waals surface area (Å²) in [5.74, 6) is -0.0434. The van der Waals surface area contributed by atoms with Crippen LogP contribution in [-0.4, -0.2) is 74.4 Å². The smallest absolute Gasteiger partial charge is 0.410 e. The van der Waals surface area contributed by atoms with Gasteiger partial charge in [0.2, 0.25) is 5.91 Å². The molecule has 49 heavy (non-hydrogen) atoms. The number of likely N-dealkylation sites (N-methyl/N-ethyl adjacent to an activating group) is 1. The highest BCUT2D eigenvalue weighted by atomic mass is 35.5. The number of rotatable bonds is 14. The van der Waals surface area contributed by atoms with Crippen molar-refractivity contribution in [1.82, 2.24) is 15.5 Å². The molecule has 2 fully saturated rings. The lowest BCUT2D eigenvalue weighted by atomic mass is 9.84. The van der Waals surface area contributed by atoms with Crippen molar-refractivity contribution >= 4 is 41.3 Å². The summed E-state index contributed by atoms with van der Waals surface area (Å²) in [7, 11) is 2.97. The highest BCUT2D eigenvalue weighted by molar-refractivity contribution is 6.30. The van der Waals surface area contributed by atoms with Gasteiger partial charge in [-0.15, -0.1) is 0 Å². The Kier molecular flexibility index (Phi) is 13.7. The lowest BCUT2D eigenvalue weighted by Gasteiger charge is -2.31. The van der Waals surface area contributed by atoms with Gasteiger partial charge in [-0.05, 0) is 87.4 Å². The average Bonchev–Trinajstić information content (AvgIpc) is 3.90. The average molecular weight is 699 g/mol. The number of carbonyl (C=O) groups excluding carboxylic acids is 4. The summed E-state index contributed by atoms with van der Waals surface area (Å²) >= 11 is 6.37. The Labute approximate surface area is 294 Å². The van der Waals surface area contributed by atoms with Gasteiger partial charge in [0.1, 0.15) is 11.7 Å². The number of hydrogen-bond acceptors (Lipinski definition) is 7. The summed E-state index contributed by atoms with van der Waals surface area (Å²) < 4.78 is 16.5. The van der Waals surface area contributed by atoms with E-state index in [0.717, 1.165) is 50.5 Å². The maximum atomic E-state index is 14.1. The number of anilines is 1. The number of hydrogen-bond donors (Lipinski definition) is 3. The zero-order valence-electron chi connectivity index (χ0n) is 29.3. The molecule has 0 radical (unpaired) electrons. The molecule has 11 nitrogen and oxygen atoms in total. The Bertz CT molecular complexity index is 1450. The van der Waals surface area contributed by atoms with Gasteiger partial charge in [0, 0.05) is 48.4 Å². The first-order chi connectivity index (χ1) is 23.3. The molecule has 0 bridgehead atoms. The van der Waals surface area contributed by atoms with Crippen LogP contribution in [0, 0.1) is 11.8 Å². The Hall–Kier alpha value is -3.83. The molecule has 268 valence electrons. The molecule has 2 aromatic rings. The first-order valence-corrected chi connectivity index (χ1v) is 17.6. The molecule has 3 N–H and O–H groups in total. The Morgan fingerprint density at radius 1 is 0.980 bits per heavy atom. The Morgan fingerprint density at radius 3 is 2.37 bits per heavy atom. The molecule has 0 heterocycles. The Balaban J connectivity index is 1.64. The third kappa shape index (κ3) is 12.5. The highest BCUT2D eigenvalue weighted by Gasteiger charge is 2.31. The second-order valence-corrected chi connectivity index (χ2v) is 14.5. The quantitative estimate of drug-likeness (QED) is 0.179. The zero-order valence-corrected chi connectivity index (χ0v) is 30.1. The second kappa shape index (κ2) is 17.7. The minimum atomic E-state index is -0.682. The number of alkyl carbamates (subject to hydrolysis) is 1. The van der Waals surface area contributed by atoms with Crippen LogP contribution >= 0.6 is 11.6 Å². The maximum Gasteiger partial charge on any atom is 0.410 e. The van der Waals surface area contributed by atoms with Crippen molar-refractivity contribution < 1.29 is 33.4 Å². The number of nitrogens with one attached hydrogen (secondary N) is 3. The van der Waals surface area contributed by atoms with Gasteiger partial charge >= 0.3 is 12.2 Å². The summed E-state index contributed by atoms with van der Waals surface area (Å²) in [5, 5.41) is 9.32. The number of amides is 4. The lowest BCUT2D eigenvalue weighted by Crippen LogP contribution is -2.46. The molecule has 0 aliphatic heterocycles. The van der Waals surface area contributed by atoms with E-state index in [4.69, 9.17) is 21.1 Å². The number of ether oxygens (including phenoxy) is 3. The highest BCUT2D eigenvalue weighted by Crippen LogP contribution is 2.34. The minimum absolute atomic E-state index is 0.0476. The Morgan fingerprint density at radius 2 is 1.71 bits per heavy atom. The summed E-state index contributed by atoms with van der Waals surface area (Å²) in [5.41, 5.74) is 1.51. The number of carbonyl (C=O) groups is 4. The van der Waals surface area contributed by atoms with Crippen LogP contribution in [0.2, 0.25) is 5.02 Å². The van der Waals surface area contributed by atoms with Gasteiger partial charge in [0.05, 0.1) is 13.7 Å². The van der Waals surface area contributed by atoms with Crippen LogP contribution in [0.25, 0.3) is 0 Å². The van der Waals surface area contributed by atoms with E-state index in [1.54, 1.807) is 37.4 Å². The van der Waals surface area contributed by atoms with E-state index >= 15 is 0 Å². The lowest BCUT2D eigenvalue weighted by molar-refractivity contribution is -0.117. The van der Waals surface area contributed by atoms with E-state index in [2.05, 4.69) is 20.7 Å². The van der Waals surface area contributed by atoms with E-state index in [9.17, 15) is 19.2 Å². The van der Waals surface area contributed by atoms with Crippen molar-refractivity contribution in [3.05, 3.63) is 64.2 Å². The van der Waals surface area contributed by atoms with E-state index in [1.807, 2.05) is 32.9 Å².